The van der Waals surface area contributed by atoms with Crippen LogP contribution in [0.4, 0.5) is 0 Å². The second kappa shape index (κ2) is 12.8. The second-order valence-corrected chi connectivity index (χ2v) is 44.8. The maximum atomic E-state index is 2.62. The van der Waals surface area contributed by atoms with Crippen molar-refractivity contribution in [3.63, 3.8) is 0 Å². The SMILES string of the molecule is CC(C)(C)C1=PC2(C(C)(C)C)P3P4PC2(C(C)(C)C)P1C43C(C)(C)C.CC1(C)[C@H]2C=C(c3cc[c]([Sn]([c]4ccccc4)[c]4ccccc4)cc3)[C@@]1(C)CC2. The van der Waals surface area contributed by atoms with Crippen LogP contribution < -0.4 is 10.7 Å². The molecule has 0 nitrogen and oxygen atoms in total. The molecule has 10 rings (SSSR count). The molecule has 4 saturated heterocycles. The Morgan fingerprint density at radius 2 is 1.19 bits per heavy atom. The average Bonchev–Trinajstić information content (AvgIpc) is 3.47. The van der Waals surface area contributed by atoms with Crippen LogP contribution in [0.2, 0.25) is 0 Å². The van der Waals surface area contributed by atoms with E-state index in [1.54, 1.807) is 16.3 Å². The number of benzene rings is 3. The second-order valence-electron chi connectivity index (χ2n) is 22.0. The summed E-state index contributed by atoms with van der Waals surface area (Å²) in [7, 11) is 3.69. The summed E-state index contributed by atoms with van der Waals surface area (Å²) in [5.41, 5.74) is 5.52. The monoisotopic (exact) mass is 917 g/mol. The van der Waals surface area contributed by atoms with Gasteiger partial charge in [0.15, 0.2) is 0 Å². The first kappa shape index (κ1) is 40.8. The van der Waals surface area contributed by atoms with E-state index in [1.165, 1.54) is 26.7 Å². The maximum absolute atomic E-state index is 2.62. The summed E-state index contributed by atoms with van der Waals surface area (Å²) < 4.78 is 5.42. The standard InChI is InChI=1S/C20H37P5.C16H19.2C6H5.Sn/c1-14(2,3)13-21-18(15(4,5)6)19(16(7,8)9)22-25-20(23(13)19,24(18)25)17(10,11)12;1-15(2)13-9-10-16(15,3)14(11-13)12-7-5-4-6-8-12;2*1-2-4-6-5-3-1;/h22H,1-12H3;5-8,11,13H,9-10H2,1-3H3;2*1-5H;/t;13-,16-;;;/m.1.../s1. The number of hydrogen-bond acceptors (Lipinski definition) is 0. The number of fused-ring (bicyclic) bond motifs is 2. The summed E-state index contributed by atoms with van der Waals surface area (Å²) >= 11 is -2.15. The summed E-state index contributed by atoms with van der Waals surface area (Å²) in [6.07, 6.45) is 5.27. The Labute approximate surface area is 344 Å². The fourth-order valence-electron chi connectivity index (χ4n) is 11.5. The summed E-state index contributed by atoms with van der Waals surface area (Å²) in [6, 6.07) is 32.0. The fourth-order valence-corrected chi connectivity index (χ4v) is 68.5. The van der Waals surface area contributed by atoms with E-state index in [-0.39, 0.29) is 15.5 Å². The van der Waals surface area contributed by atoms with E-state index in [1.807, 2.05) is 13.2 Å². The molecule has 7 unspecified atom stereocenters. The van der Waals surface area contributed by atoms with Crippen LogP contribution in [-0.2, 0) is 0 Å². The van der Waals surface area contributed by atoms with Gasteiger partial charge in [0.1, 0.15) is 0 Å². The van der Waals surface area contributed by atoms with Crippen LogP contribution in [-0.4, -0.2) is 39.2 Å². The molecule has 9 atom stereocenters. The molecule has 7 aliphatic rings. The quantitative estimate of drug-likeness (QED) is 0.181. The molecular formula is C48H66P5Sn. The Morgan fingerprint density at radius 1 is 0.667 bits per heavy atom. The predicted molar refractivity (Wildman–Crippen MR) is 254 cm³/mol. The third kappa shape index (κ3) is 5.24. The predicted octanol–water partition coefficient (Wildman–Crippen LogP) is 14.3. The van der Waals surface area contributed by atoms with Crippen molar-refractivity contribution in [1.82, 2.24) is 0 Å². The first-order chi connectivity index (χ1) is 24.9. The summed E-state index contributed by atoms with van der Waals surface area (Å²) in [5.74, 6) is 0.738. The molecule has 0 N–H and O–H groups in total. The van der Waals surface area contributed by atoms with Crippen LogP contribution in [0.25, 0.3) is 5.57 Å². The van der Waals surface area contributed by atoms with E-state index >= 15 is 0 Å². The molecule has 1 radical (unpaired) electrons. The number of rotatable bonds is 4. The zero-order valence-corrected chi connectivity index (χ0v) is 43.4. The van der Waals surface area contributed by atoms with Gasteiger partial charge in [-0.25, -0.2) is 0 Å². The Hall–Kier alpha value is 0.0887. The molecular weight excluding hydrogens is 850 g/mol. The Morgan fingerprint density at radius 3 is 1.57 bits per heavy atom. The van der Waals surface area contributed by atoms with Crippen LogP contribution in [0.3, 0.4) is 0 Å². The molecule has 287 valence electrons. The van der Waals surface area contributed by atoms with Crippen LogP contribution in [0, 0.1) is 38.4 Å². The fraction of sp³-hybridized carbons (Fsp3) is 0.562. The van der Waals surface area contributed by atoms with E-state index in [0.717, 1.165) is 10.6 Å². The zero-order chi connectivity index (χ0) is 39.3. The first-order valence-electron chi connectivity index (χ1n) is 20.5. The van der Waals surface area contributed by atoms with E-state index < -0.39 is 19.8 Å². The number of allylic oxidation sites excluding steroid dienone is 2. The third-order valence-corrected chi connectivity index (χ3v) is 53.4. The van der Waals surface area contributed by atoms with Gasteiger partial charge in [0, 0.05) is 4.90 Å². The van der Waals surface area contributed by atoms with Gasteiger partial charge in [0.25, 0.3) is 0 Å². The topological polar surface area (TPSA) is 0 Å². The molecule has 54 heavy (non-hydrogen) atoms. The minimum atomic E-state index is -2.15. The Kier molecular flexibility index (Phi) is 9.68. The Balaban J connectivity index is 0.000000155. The van der Waals surface area contributed by atoms with Gasteiger partial charge >= 0.3 is 183 Å². The Bertz CT molecular complexity index is 1970. The van der Waals surface area contributed by atoms with Gasteiger partial charge in [-0.05, 0) is 49.5 Å². The van der Waals surface area contributed by atoms with E-state index in [9.17, 15) is 0 Å². The molecule has 0 aromatic heterocycles. The summed E-state index contributed by atoms with van der Waals surface area (Å²) in [6.45, 7) is 38.6. The average molecular weight is 917 g/mol. The minimum absolute atomic E-state index is 0.0222. The van der Waals surface area contributed by atoms with Crippen molar-refractivity contribution in [1.29, 1.82) is 0 Å². The van der Waals surface area contributed by atoms with E-state index in [2.05, 4.69) is 195 Å². The van der Waals surface area contributed by atoms with Gasteiger partial charge in [-0.15, -0.1) is 0 Å². The molecule has 2 aliphatic carbocycles. The van der Waals surface area contributed by atoms with Gasteiger partial charge in [0.2, 0.25) is 0 Å². The molecule has 5 fully saturated rings. The van der Waals surface area contributed by atoms with Crippen molar-refractivity contribution in [2.45, 2.75) is 131 Å². The van der Waals surface area contributed by atoms with Gasteiger partial charge < -0.3 is 0 Å². The van der Waals surface area contributed by atoms with Crippen LogP contribution in [0.5, 0.6) is 0 Å². The van der Waals surface area contributed by atoms with Gasteiger partial charge in [-0.2, -0.15) is 0 Å². The molecule has 5 aliphatic heterocycles. The van der Waals surface area contributed by atoms with Gasteiger partial charge in [-0.1, -0.05) is 99.6 Å². The summed E-state index contributed by atoms with van der Waals surface area (Å²) in [5, 5.41) is 2.01. The van der Waals surface area contributed by atoms with Crippen LogP contribution >= 0.6 is 39.3 Å². The van der Waals surface area contributed by atoms with Crippen molar-refractivity contribution >= 4 is 80.4 Å². The molecule has 8 bridgehead atoms. The molecule has 3 aromatic carbocycles. The number of hydrogen-bond donors (Lipinski definition) is 0. The van der Waals surface area contributed by atoms with Crippen LogP contribution in [0.15, 0.2) is 91.0 Å². The van der Waals surface area contributed by atoms with Gasteiger partial charge in [0.05, 0.1) is 9.54 Å². The summed E-state index contributed by atoms with van der Waals surface area (Å²) in [4.78, 5) is 1.25. The van der Waals surface area contributed by atoms with Crippen LogP contribution in [0.1, 0.15) is 122 Å². The molecule has 5 heterocycles. The first-order valence-corrected chi connectivity index (χ1v) is 32.3. The van der Waals surface area contributed by atoms with Gasteiger partial charge in [-0.3, -0.25) is 0 Å². The molecule has 0 amide bonds. The van der Waals surface area contributed by atoms with Crippen molar-refractivity contribution in [2.24, 2.45) is 38.4 Å². The third-order valence-electron chi connectivity index (χ3n) is 14.6. The van der Waals surface area contributed by atoms with E-state index in [0.29, 0.717) is 49.6 Å². The molecule has 6 heteroatoms. The van der Waals surface area contributed by atoms with Crippen molar-refractivity contribution in [3.05, 3.63) is 96.6 Å². The molecule has 3 aromatic rings. The molecule has 1 saturated carbocycles. The molecule has 0 spiro atoms. The normalized spacial score (nSPS) is 36.3. The van der Waals surface area contributed by atoms with Crippen molar-refractivity contribution < 1.29 is 0 Å². The van der Waals surface area contributed by atoms with Crippen molar-refractivity contribution in [2.75, 3.05) is 0 Å². The zero-order valence-electron chi connectivity index (χ0n) is 35.9. The van der Waals surface area contributed by atoms with Crippen molar-refractivity contribution in [3.8, 4) is 0 Å². The van der Waals surface area contributed by atoms with E-state index in [4.69, 9.17) is 0 Å².